The maximum atomic E-state index is 13.2. The summed E-state index contributed by atoms with van der Waals surface area (Å²) in [7, 11) is 0. The minimum Gasteiger partial charge on any atom is -0.455 e. The molecule has 1 amide bonds. The zero-order chi connectivity index (χ0) is 22.0. The number of rotatable bonds is 7. The van der Waals surface area contributed by atoms with Gasteiger partial charge in [-0.25, -0.2) is 4.98 Å². The number of carbonyl (C=O) groups excluding carboxylic acids is 1. The van der Waals surface area contributed by atoms with Crippen molar-refractivity contribution in [2.45, 2.75) is 31.7 Å². The second kappa shape index (κ2) is 9.11. The fourth-order valence-corrected chi connectivity index (χ4v) is 4.82. The van der Waals surface area contributed by atoms with E-state index >= 15 is 0 Å². The second-order valence-electron chi connectivity index (χ2n) is 7.62. The molecule has 0 aliphatic carbocycles. The van der Waals surface area contributed by atoms with Crippen molar-refractivity contribution < 1.29 is 9.21 Å². The first-order valence-electron chi connectivity index (χ1n) is 10.00. The Hall–Kier alpha value is -2.84. The van der Waals surface area contributed by atoms with E-state index < -0.39 is 0 Å². The molecule has 0 aliphatic heterocycles. The lowest BCUT2D eigenvalue weighted by Crippen LogP contribution is -2.26. The fraction of sp³-hybridized carbons (Fsp3) is 0.261. The van der Waals surface area contributed by atoms with Gasteiger partial charge >= 0.3 is 0 Å². The van der Waals surface area contributed by atoms with Gasteiger partial charge in [0.2, 0.25) is 0 Å². The SMILES string of the molecule is Cc1ccccc1-n1c(SCc2ccc(C(=O)NCC(C)C)o2)nc2sccc2c1=O. The first-order chi connectivity index (χ1) is 14.9. The van der Waals surface area contributed by atoms with Gasteiger partial charge in [-0.05, 0) is 48.1 Å². The average molecular weight is 454 g/mol. The van der Waals surface area contributed by atoms with Crippen molar-refractivity contribution in [1.29, 1.82) is 0 Å². The number of fused-ring (bicyclic) bond motifs is 1. The molecule has 160 valence electrons. The van der Waals surface area contributed by atoms with Crippen LogP contribution in [0.1, 0.15) is 35.7 Å². The molecule has 6 nitrogen and oxygen atoms in total. The second-order valence-corrected chi connectivity index (χ2v) is 9.46. The molecule has 31 heavy (non-hydrogen) atoms. The number of para-hydroxylation sites is 1. The quantitative estimate of drug-likeness (QED) is 0.314. The molecule has 0 spiro atoms. The lowest BCUT2D eigenvalue weighted by molar-refractivity contribution is 0.0920. The van der Waals surface area contributed by atoms with Crippen molar-refractivity contribution in [3.8, 4) is 5.69 Å². The molecule has 3 aromatic heterocycles. The first kappa shape index (κ1) is 21.4. The van der Waals surface area contributed by atoms with Crippen molar-refractivity contribution in [3.63, 3.8) is 0 Å². The lowest BCUT2D eigenvalue weighted by atomic mass is 10.2. The molecule has 0 bridgehead atoms. The number of aromatic nitrogens is 2. The summed E-state index contributed by atoms with van der Waals surface area (Å²) in [6.45, 7) is 6.64. The number of thiophene rings is 1. The van der Waals surface area contributed by atoms with Crippen molar-refractivity contribution in [3.05, 3.63) is 75.3 Å². The van der Waals surface area contributed by atoms with Gasteiger partial charge in [-0.1, -0.05) is 43.8 Å². The van der Waals surface area contributed by atoms with E-state index in [0.29, 0.717) is 39.3 Å². The average Bonchev–Trinajstić information content (AvgIpc) is 3.41. The highest BCUT2D eigenvalue weighted by Crippen LogP contribution is 2.28. The van der Waals surface area contributed by atoms with Crippen LogP contribution in [0.5, 0.6) is 0 Å². The number of carbonyl (C=O) groups is 1. The minimum absolute atomic E-state index is 0.0868. The number of nitrogens with zero attached hydrogens (tertiary/aromatic N) is 2. The van der Waals surface area contributed by atoms with Crippen LogP contribution in [0, 0.1) is 12.8 Å². The summed E-state index contributed by atoms with van der Waals surface area (Å²) >= 11 is 2.86. The highest BCUT2D eigenvalue weighted by Gasteiger charge is 2.17. The van der Waals surface area contributed by atoms with Crippen molar-refractivity contribution in [2.24, 2.45) is 5.92 Å². The van der Waals surface area contributed by atoms with Gasteiger partial charge in [0.25, 0.3) is 11.5 Å². The number of benzene rings is 1. The number of hydrogen-bond donors (Lipinski definition) is 1. The zero-order valence-corrected chi connectivity index (χ0v) is 19.2. The van der Waals surface area contributed by atoms with E-state index in [9.17, 15) is 9.59 Å². The summed E-state index contributed by atoms with van der Waals surface area (Å²) in [5.74, 6) is 1.53. The molecular formula is C23H23N3O3S2. The third-order valence-electron chi connectivity index (χ3n) is 4.72. The summed E-state index contributed by atoms with van der Waals surface area (Å²) in [6.07, 6.45) is 0. The molecule has 0 aliphatic rings. The van der Waals surface area contributed by atoms with Crippen LogP contribution in [0.15, 0.2) is 62.2 Å². The van der Waals surface area contributed by atoms with Crippen LogP contribution in [-0.4, -0.2) is 22.0 Å². The van der Waals surface area contributed by atoms with Crippen LogP contribution in [0.2, 0.25) is 0 Å². The third-order valence-corrected chi connectivity index (χ3v) is 6.49. The predicted molar refractivity (Wildman–Crippen MR) is 125 cm³/mol. The Balaban J connectivity index is 1.62. The summed E-state index contributed by atoms with van der Waals surface area (Å²) in [5, 5.41) is 5.94. The number of nitrogens with one attached hydrogen (secondary N) is 1. The molecule has 0 saturated heterocycles. The summed E-state index contributed by atoms with van der Waals surface area (Å²) in [6, 6.07) is 13.0. The van der Waals surface area contributed by atoms with E-state index in [2.05, 4.69) is 5.32 Å². The van der Waals surface area contributed by atoms with E-state index in [-0.39, 0.29) is 17.2 Å². The number of furan rings is 1. The van der Waals surface area contributed by atoms with Crippen LogP contribution in [0.25, 0.3) is 15.9 Å². The zero-order valence-electron chi connectivity index (χ0n) is 17.5. The molecule has 0 fully saturated rings. The van der Waals surface area contributed by atoms with Gasteiger partial charge in [0.15, 0.2) is 10.9 Å². The van der Waals surface area contributed by atoms with E-state index in [1.54, 1.807) is 16.7 Å². The Labute approximate surface area is 188 Å². The van der Waals surface area contributed by atoms with Crippen LogP contribution < -0.4 is 10.9 Å². The Morgan fingerprint density at radius 2 is 2.03 bits per heavy atom. The molecule has 0 atom stereocenters. The normalized spacial score (nSPS) is 11.4. The van der Waals surface area contributed by atoms with Crippen LogP contribution in [-0.2, 0) is 5.75 Å². The molecule has 0 radical (unpaired) electrons. The van der Waals surface area contributed by atoms with Gasteiger partial charge in [-0.15, -0.1) is 11.3 Å². The highest BCUT2D eigenvalue weighted by atomic mass is 32.2. The molecule has 3 heterocycles. The highest BCUT2D eigenvalue weighted by molar-refractivity contribution is 7.98. The van der Waals surface area contributed by atoms with Crippen LogP contribution in [0.3, 0.4) is 0 Å². The molecular weight excluding hydrogens is 430 g/mol. The number of amides is 1. The van der Waals surface area contributed by atoms with Gasteiger partial charge in [-0.2, -0.15) is 0 Å². The van der Waals surface area contributed by atoms with E-state index in [0.717, 1.165) is 11.3 Å². The molecule has 1 N–H and O–H groups in total. The van der Waals surface area contributed by atoms with Crippen molar-refractivity contribution in [1.82, 2.24) is 14.9 Å². The molecule has 1 aromatic carbocycles. The number of hydrogen-bond acceptors (Lipinski definition) is 6. The molecule has 0 saturated carbocycles. The molecule has 0 unspecified atom stereocenters. The topological polar surface area (TPSA) is 77.1 Å². The standard InChI is InChI=1S/C23H23N3O3S2/c1-14(2)12-24-20(27)19-9-8-16(29-19)13-31-23-25-21-17(10-11-30-21)22(28)26(23)18-7-5-4-6-15(18)3/h4-11,14H,12-13H2,1-3H3,(H,24,27). The Morgan fingerprint density at radius 1 is 1.23 bits per heavy atom. The number of thioether (sulfide) groups is 1. The lowest BCUT2D eigenvalue weighted by Gasteiger charge is -2.13. The van der Waals surface area contributed by atoms with Crippen molar-refractivity contribution >= 4 is 39.2 Å². The molecule has 4 aromatic rings. The summed E-state index contributed by atoms with van der Waals surface area (Å²) < 4.78 is 7.39. The predicted octanol–water partition coefficient (Wildman–Crippen LogP) is 5.03. The Bertz CT molecular complexity index is 1290. The maximum absolute atomic E-state index is 13.2. The van der Waals surface area contributed by atoms with E-state index in [1.165, 1.54) is 23.1 Å². The van der Waals surface area contributed by atoms with Gasteiger partial charge in [0, 0.05) is 6.54 Å². The number of aryl methyl sites for hydroxylation is 1. The van der Waals surface area contributed by atoms with Crippen LogP contribution in [0.4, 0.5) is 0 Å². The van der Waals surface area contributed by atoms with E-state index in [1.807, 2.05) is 56.5 Å². The first-order valence-corrected chi connectivity index (χ1v) is 11.9. The summed E-state index contributed by atoms with van der Waals surface area (Å²) in [5.41, 5.74) is 1.71. The smallest absolute Gasteiger partial charge is 0.287 e. The third kappa shape index (κ3) is 4.60. The van der Waals surface area contributed by atoms with Crippen molar-refractivity contribution in [2.75, 3.05) is 6.54 Å². The largest absolute Gasteiger partial charge is 0.455 e. The Kier molecular flexibility index (Phi) is 6.29. The molecule has 8 heteroatoms. The van der Waals surface area contributed by atoms with Gasteiger partial charge in [-0.3, -0.25) is 14.2 Å². The van der Waals surface area contributed by atoms with Gasteiger partial charge < -0.3 is 9.73 Å². The molecule has 4 rings (SSSR count). The van der Waals surface area contributed by atoms with Crippen LogP contribution >= 0.6 is 23.1 Å². The maximum Gasteiger partial charge on any atom is 0.287 e. The fourth-order valence-electron chi connectivity index (χ4n) is 3.12. The Morgan fingerprint density at radius 3 is 2.81 bits per heavy atom. The van der Waals surface area contributed by atoms with Gasteiger partial charge in [0.1, 0.15) is 10.6 Å². The monoisotopic (exact) mass is 453 g/mol. The van der Waals surface area contributed by atoms with E-state index in [4.69, 9.17) is 9.40 Å². The van der Waals surface area contributed by atoms with Gasteiger partial charge in [0.05, 0.1) is 16.8 Å². The summed E-state index contributed by atoms with van der Waals surface area (Å²) in [4.78, 5) is 30.9. The minimum atomic E-state index is -0.222.